The Morgan fingerprint density at radius 3 is 2.58 bits per heavy atom. The van der Waals surface area contributed by atoms with Gasteiger partial charge in [0, 0.05) is 0 Å². The van der Waals surface area contributed by atoms with Crippen molar-refractivity contribution in [1.82, 2.24) is 5.43 Å². The summed E-state index contributed by atoms with van der Waals surface area (Å²) in [6.07, 6.45) is 1.51. The molecule has 2 aromatic carbocycles. The standard InChI is InChI=1S/C24H24N2O4S/c1-16(2)19-9-6-17(3)21(13-19)29-15-23(27)26-25-14-18-7-10-20(11-8-18)30-24(28)22-5-4-12-31-22/h4-14,16H,15H2,1-3H3,(H,26,27)/b25-14+. The molecule has 1 aromatic heterocycles. The number of nitrogens with zero attached hydrogens (tertiary/aromatic N) is 1. The van der Waals surface area contributed by atoms with Crippen molar-refractivity contribution < 1.29 is 19.1 Å². The maximum atomic E-state index is 12.0. The number of hydrogen-bond acceptors (Lipinski definition) is 6. The molecule has 0 atom stereocenters. The normalized spacial score (nSPS) is 11.0. The van der Waals surface area contributed by atoms with Crippen molar-refractivity contribution >= 4 is 29.4 Å². The molecule has 0 unspecified atom stereocenters. The quantitative estimate of drug-likeness (QED) is 0.235. The first-order valence-electron chi connectivity index (χ1n) is 9.83. The molecule has 0 saturated carbocycles. The first kappa shape index (κ1) is 22.2. The predicted octanol–water partition coefficient (Wildman–Crippen LogP) is 4.93. The van der Waals surface area contributed by atoms with Gasteiger partial charge >= 0.3 is 5.97 Å². The summed E-state index contributed by atoms with van der Waals surface area (Å²) in [6, 6.07) is 16.3. The van der Waals surface area contributed by atoms with Gasteiger partial charge in [-0.05, 0) is 71.3 Å². The predicted molar refractivity (Wildman–Crippen MR) is 122 cm³/mol. The molecule has 7 heteroatoms. The van der Waals surface area contributed by atoms with Gasteiger partial charge in [0.05, 0.1) is 6.21 Å². The lowest BCUT2D eigenvalue weighted by atomic mass is 10.0. The van der Waals surface area contributed by atoms with Crippen molar-refractivity contribution in [1.29, 1.82) is 0 Å². The van der Waals surface area contributed by atoms with Crippen molar-refractivity contribution in [2.75, 3.05) is 6.61 Å². The number of hydrogen-bond donors (Lipinski definition) is 1. The van der Waals surface area contributed by atoms with Gasteiger partial charge in [-0.25, -0.2) is 10.2 Å². The summed E-state index contributed by atoms with van der Waals surface area (Å²) in [5, 5.41) is 5.76. The van der Waals surface area contributed by atoms with Crippen LogP contribution in [0.5, 0.6) is 11.5 Å². The molecule has 3 aromatic rings. The summed E-state index contributed by atoms with van der Waals surface area (Å²) in [6.45, 7) is 6.03. The van der Waals surface area contributed by atoms with Crippen molar-refractivity contribution in [2.24, 2.45) is 5.10 Å². The molecule has 0 bridgehead atoms. The van der Waals surface area contributed by atoms with Gasteiger partial charge in [-0.1, -0.05) is 32.0 Å². The molecular weight excluding hydrogens is 412 g/mol. The van der Waals surface area contributed by atoms with Gasteiger partial charge < -0.3 is 9.47 Å². The Kier molecular flexibility index (Phi) is 7.56. The minimum absolute atomic E-state index is 0.128. The summed E-state index contributed by atoms with van der Waals surface area (Å²) in [7, 11) is 0. The third kappa shape index (κ3) is 6.52. The second-order valence-electron chi connectivity index (χ2n) is 7.20. The van der Waals surface area contributed by atoms with E-state index in [-0.39, 0.29) is 12.5 Å². The minimum atomic E-state index is -0.391. The molecule has 1 amide bonds. The molecule has 0 radical (unpaired) electrons. The average Bonchev–Trinajstić information content (AvgIpc) is 3.29. The zero-order chi connectivity index (χ0) is 22.2. The fraction of sp³-hybridized carbons (Fsp3) is 0.208. The van der Waals surface area contributed by atoms with E-state index < -0.39 is 5.97 Å². The number of benzene rings is 2. The number of aryl methyl sites for hydroxylation is 1. The fourth-order valence-electron chi connectivity index (χ4n) is 2.66. The second-order valence-corrected chi connectivity index (χ2v) is 8.15. The number of ether oxygens (including phenoxy) is 2. The average molecular weight is 437 g/mol. The van der Waals surface area contributed by atoms with Crippen LogP contribution in [0.4, 0.5) is 0 Å². The van der Waals surface area contributed by atoms with E-state index >= 15 is 0 Å². The largest absolute Gasteiger partial charge is 0.483 e. The van der Waals surface area contributed by atoms with Crippen LogP contribution in [0, 0.1) is 6.92 Å². The maximum absolute atomic E-state index is 12.0. The lowest BCUT2D eigenvalue weighted by Gasteiger charge is -2.12. The third-order valence-corrected chi connectivity index (χ3v) is 5.30. The Hall–Kier alpha value is -3.45. The van der Waals surface area contributed by atoms with Crippen LogP contribution >= 0.6 is 11.3 Å². The molecule has 0 spiro atoms. The third-order valence-electron chi connectivity index (χ3n) is 4.45. The van der Waals surface area contributed by atoms with E-state index in [2.05, 4.69) is 30.4 Å². The molecule has 0 aliphatic rings. The van der Waals surface area contributed by atoms with Crippen LogP contribution in [-0.4, -0.2) is 24.7 Å². The van der Waals surface area contributed by atoms with Gasteiger partial charge in [-0.2, -0.15) is 5.10 Å². The molecule has 31 heavy (non-hydrogen) atoms. The molecule has 0 aliphatic carbocycles. The topological polar surface area (TPSA) is 77.0 Å². The molecule has 0 fully saturated rings. The summed E-state index contributed by atoms with van der Waals surface area (Å²) in [5.41, 5.74) is 5.32. The molecule has 1 N–H and O–H groups in total. The Morgan fingerprint density at radius 2 is 1.90 bits per heavy atom. The summed E-state index contributed by atoms with van der Waals surface area (Å²) >= 11 is 1.33. The highest BCUT2D eigenvalue weighted by Crippen LogP contribution is 2.24. The van der Waals surface area contributed by atoms with Gasteiger partial charge in [0.2, 0.25) is 0 Å². The van der Waals surface area contributed by atoms with E-state index in [0.29, 0.717) is 22.3 Å². The monoisotopic (exact) mass is 436 g/mol. The summed E-state index contributed by atoms with van der Waals surface area (Å²) in [4.78, 5) is 24.5. The SMILES string of the molecule is Cc1ccc(C(C)C)cc1OCC(=O)N/N=C/c1ccc(OC(=O)c2cccs2)cc1. The van der Waals surface area contributed by atoms with Crippen LogP contribution in [0.2, 0.25) is 0 Å². The van der Waals surface area contributed by atoms with E-state index in [4.69, 9.17) is 9.47 Å². The van der Waals surface area contributed by atoms with Gasteiger partial charge in [0.1, 0.15) is 16.4 Å². The Morgan fingerprint density at radius 1 is 1.13 bits per heavy atom. The van der Waals surface area contributed by atoms with Crippen LogP contribution in [0.25, 0.3) is 0 Å². The van der Waals surface area contributed by atoms with Gasteiger partial charge in [0.25, 0.3) is 5.91 Å². The molecule has 3 rings (SSSR count). The fourth-order valence-corrected chi connectivity index (χ4v) is 3.26. The Labute approximate surface area is 185 Å². The lowest BCUT2D eigenvalue weighted by molar-refractivity contribution is -0.123. The summed E-state index contributed by atoms with van der Waals surface area (Å²) in [5.74, 6) is 0.766. The minimum Gasteiger partial charge on any atom is -0.483 e. The second kappa shape index (κ2) is 10.5. The zero-order valence-electron chi connectivity index (χ0n) is 17.6. The number of carbonyl (C=O) groups is 2. The molecule has 1 heterocycles. The van der Waals surface area contributed by atoms with E-state index in [1.807, 2.05) is 24.4 Å². The van der Waals surface area contributed by atoms with Crippen molar-refractivity contribution in [3.8, 4) is 11.5 Å². The highest BCUT2D eigenvalue weighted by atomic mass is 32.1. The smallest absolute Gasteiger partial charge is 0.353 e. The highest BCUT2D eigenvalue weighted by molar-refractivity contribution is 7.12. The molecule has 160 valence electrons. The number of nitrogens with one attached hydrogen (secondary N) is 1. The Bertz CT molecular complexity index is 1060. The number of hydrazone groups is 1. The number of amides is 1. The van der Waals surface area contributed by atoms with E-state index in [9.17, 15) is 9.59 Å². The van der Waals surface area contributed by atoms with E-state index in [1.165, 1.54) is 17.6 Å². The lowest BCUT2D eigenvalue weighted by Crippen LogP contribution is -2.24. The van der Waals surface area contributed by atoms with Gasteiger partial charge in [-0.3, -0.25) is 4.79 Å². The first-order chi connectivity index (χ1) is 14.9. The van der Waals surface area contributed by atoms with Gasteiger partial charge in [-0.15, -0.1) is 11.3 Å². The van der Waals surface area contributed by atoms with Crippen LogP contribution in [0.1, 0.15) is 46.1 Å². The first-order valence-corrected chi connectivity index (χ1v) is 10.7. The van der Waals surface area contributed by atoms with Crippen molar-refractivity contribution in [3.63, 3.8) is 0 Å². The van der Waals surface area contributed by atoms with Crippen LogP contribution in [0.3, 0.4) is 0 Å². The van der Waals surface area contributed by atoms with Crippen LogP contribution in [0.15, 0.2) is 65.1 Å². The molecule has 0 aliphatic heterocycles. The van der Waals surface area contributed by atoms with Crippen molar-refractivity contribution in [2.45, 2.75) is 26.7 Å². The number of esters is 1. The highest BCUT2D eigenvalue weighted by Gasteiger charge is 2.09. The Balaban J connectivity index is 1.47. The van der Waals surface area contributed by atoms with E-state index in [0.717, 1.165) is 16.7 Å². The number of rotatable bonds is 8. The molecular formula is C24H24N2O4S. The van der Waals surface area contributed by atoms with E-state index in [1.54, 1.807) is 36.4 Å². The van der Waals surface area contributed by atoms with Crippen LogP contribution in [-0.2, 0) is 4.79 Å². The molecule has 0 saturated heterocycles. The maximum Gasteiger partial charge on any atom is 0.353 e. The number of carbonyl (C=O) groups excluding carboxylic acids is 2. The zero-order valence-corrected chi connectivity index (χ0v) is 18.4. The summed E-state index contributed by atoms with van der Waals surface area (Å²) < 4.78 is 10.9. The number of thiophene rings is 1. The van der Waals surface area contributed by atoms with Gasteiger partial charge in [0.15, 0.2) is 6.61 Å². The van der Waals surface area contributed by atoms with Crippen molar-refractivity contribution in [3.05, 3.63) is 81.5 Å². The molecule has 6 nitrogen and oxygen atoms in total. The van der Waals surface area contributed by atoms with Crippen LogP contribution < -0.4 is 14.9 Å².